The molecule has 2 N–H and O–H groups in total. The summed E-state index contributed by atoms with van der Waals surface area (Å²) in [6.07, 6.45) is 0.820. The molecule has 1 unspecified atom stereocenters. The molecule has 3 rings (SSSR count). The molecule has 2 fully saturated rings. The molecule has 1 aromatic carbocycles. The van der Waals surface area contributed by atoms with E-state index in [9.17, 15) is 13.2 Å². The molecule has 28 heavy (non-hydrogen) atoms. The Morgan fingerprint density at radius 1 is 1.18 bits per heavy atom. The highest BCUT2D eigenvalue weighted by molar-refractivity contribution is 7.91. The van der Waals surface area contributed by atoms with E-state index in [1.54, 1.807) is 0 Å². The minimum atomic E-state index is -2.87. The van der Waals surface area contributed by atoms with E-state index in [2.05, 4.69) is 18.7 Å². The maximum absolute atomic E-state index is 12.9. The second kappa shape index (κ2) is 9.76. The van der Waals surface area contributed by atoms with Crippen LogP contribution in [0.3, 0.4) is 0 Å². The summed E-state index contributed by atoms with van der Waals surface area (Å²) in [5, 5.41) is 0. The van der Waals surface area contributed by atoms with Crippen LogP contribution in [0.2, 0.25) is 0 Å². The van der Waals surface area contributed by atoms with Crippen LogP contribution in [0.1, 0.15) is 36.2 Å². The molecular weight excluding hydrogens is 421 g/mol. The van der Waals surface area contributed by atoms with Crippen molar-refractivity contribution in [1.82, 2.24) is 9.80 Å². The maximum Gasteiger partial charge on any atom is 0.253 e. The van der Waals surface area contributed by atoms with Gasteiger partial charge in [0.15, 0.2) is 9.84 Å². The van der Waals surface area contributed by atoms with Gasteiger partial charge in [-0.05, 0) is 29.5 Å². The van der Waals surface area contributed by atoms with Crippen LogP contribution in [0.5, 0.6) is 0 Å². The molecule has 6 nitrogen and oxygen atoms in total. The van der Waals surface area contributed by atoms with Crippen molar-refractivity contribution in [1.29, 1.82) is 0 Å². The number of carbonyl (C=O) groups excluding carboxylic acids is 1. The first-order chi connectivity index (χ1) is 12.2. The van der Waals surface area contributed by atoms with Crippen LogP contribution >= 0.6 is 24.8 Å². The Hall–Kier alpha value is -0.860. The van der Waals surface area contributed by atoms with Crippen molar-refractivity contribution in [2.75, 3.05) is 37.7 Å². The lowest BCUT2D eigenvalue weighted by atomic mass is 9.79. The summed E-state index contributed by atoms with van der Waals surface area (Å²) < 4.78 is 23.1. The standard InChI is InChI=1S/C19H29N3O3S.2ClH/c1-19(2)14-22(7-6-17(19)20)18(23)16-5-3-4-15(12-16)13-21-8-10-26(24,25)11-9-21;;/h3-5,12,17H,6-11,13-14,20H2,1-2H3;2*1H. The van der Waals surface area contributed by atoms with E-state index >= 15 is 0 Å². The van der Waals surface area contributed by atoms with E-state index in [0.29, 0.717) is 38.3 Å². The van der Waals surface area contributed by atoms with Gasteiger partial charge in [-0.1, -0.05) is 26.0 Å². The van der Waals surface area contributed by atoms with Crippen LogP contribution in [0.15, 0.2) is 24.3 Å². The lowest BCUT2D eigenvalue weighted by Crippen LogP contribution is -2.54. The lowest BCUT2D eigenvalue weighted by molar-refractivity contribution is 0.0533. The van der Waals surface area contributed by atoms with E-state index in [1.807, 2.05) is 29.2 Å². The molecule has 2 heterocycles. The number of amides is 1. The van der Waals surface area contributed by atoms with Crippen LogP contribution in [0.25, 0.3) is 0 Å². The fourth-order valence-corrected chi connectivity index (χ4v) is 4.98. The summed E-state index contributed by atoms with van der Waals surface area (Å²) >= 11 is 0. The molecule has 0 radical (unpaired) electrons. The molecule has 1 aromatic rings. The number of likely N-dealkylation sites (tertiary alicyclic amines) is 1. The first kappa shape index (κ1) is 25.2. The predicted octanol–water partition coefficient (Wildman–Crippen LogP) is 1.96. The van der Waals surface area contributed by atoms with Gasteiger partial charge in [-0.25, -0.2) is 8.42 Å². The molecule has 2 aliphatic rings. The van der Waals surface area contributed by atoms with Gasteiger partial charge in [-0.15, -0.1) is 24.8 Å². The van der Waals surface area contributed by atoms with E-state index in [1.165, 1.54) is 0 Å². The van der Waals surface area contributed by atoms with Gasteiger partial charge < -0.3 is 10.6 Å². The van der Waals surface area contributed by atoms with Crippen molar-refractivity contribution in [2.24, 2.45) is 11.1 Å². The first-order valence-electron chi connectivity index (χ1n) is 9.23. The normalized spacial score (nSPS) is 24.0. The number of benzene rings is 1. The molecule has 2 saturated heterocycles. The second-order valence-corrected chi connectivity index (χ2v) is 10.5. The zero-order valence-corrected chi connectivity index (χ0v) is 18.9. The number of nitrogens with zero attached hydrogens (tertiary/aromatic N) is 2. The number of hydrogen-bond acceptors (Lipinski definition) is 5. The zero-order valence-electron chi connectivity index (χ0n) is 16.5. The first-order valence-corrected chi connectivity index (χ1v) is 11.0. The molecule has 0 aromatic heterocycles. The predicted molar refractivity (Wildman–Crippen MR) is 117 cm³/mol. The van der Waals surface area contributed by atoms with E-state index in [4.69, 9.17) is 5.73 Å². The largest absolute Gasteiger partial charge is 0.338 e. The Morgan fingerprint density at radius 2 is 1.82 bits per heavy atom. The van der Waals surface area contributed by atoms with E-state index in [-0.39, 0.29) is 53.7 Å². The molecule has 2 aliphatic heterocycles. The molecule has 160 valence electrons. The van der Waals surface area contributed by atoms with Gasteiger partial charge in [0.25, 0.3) is 5.91 Å². The van der Waals surface area contributed by atoms with Crippen molar-refractivity contribution >= 4 is 40.6 Å². The number of hydrogen-bond donors (Lipinski definition) is 1. The van der Waals surface area contributed by atoms with Gasteiger partial charge in [-0.2, -0.15) is 0 Å². The highest BCUT2D eigenvalue weighted by Gasteiger charge is 2.35. The Kier molecular flexibility index (Phi) is 8.78. The molecular formula is C19H31Cl2N3O3S. The van der Waals surface area contributed by atoms with Crippen LogP contribution in [0, 0.1) is 5.41 Å². The molecule has 0 saturated carbocycles. The van der Waals surface area contributed by atoms with Crippen LogP contribution in [-0.4, -0.2) is 67.9 Å². The highest BCUT2D eigenvalue weighted by Crippen LogP contribution is 2.28. The third-order valence-electron chi connectivity index (χ3n) is 5.62. The summed E-state index contributed by atoms with van der Waals surface area (Å²) in [6, 6.07) is 7.81. The third-order valence-corrected chi connectivity index (χ3v) is 7.23. The monoisotopic (exact) mass is 451 g/mol. The minimum absolute atomic E-state index is 0. The van der Waals surface area contributed by atoms with Crippen LogP contribution in [0.4, 0.5) is 0 Å². The van der Waals surface area contributed by atoms with Gasteiger partial charge >= 0.3 is 0 Å². The molecule has 9 heteroatoms. The summed E-state index contributed by atoms with van der Waals surface area (Å²) in [5.74, 6) is 0.483. The maximum atomic E-state index is 12.9. The Balaban J connectivity index is 0.00000196. The summed E-state index contributed by atoms with van der Waals surface area (Å²) in [5.41, 5.74) is 7.83. The molecule has 1 atom stereocenters. The highest BCUT2D eigenvalue weighted by atomic mass is 35.5. The van der Waals surface area contributed by atoms with Crippen molar-refractivity contribution in [3.05, 3.63) is 35.4 Å². The Morgan fingerprint density at radius 3 is 2.43 bits per heavy atom. The number of carbonyl (C=O) groups is 1. The number of halogens is 2. The van der Waals surface area contributed by atoms with Gasteiger partial charge in [0.1, 0.15) is 0 Å². The fourth-order valence-electron chi connectivity index (χ4n) is 3.70. The topological polar surface area (TPSA) is 83.7 Å². The van der Waals surface area contributed by atoms with Gasteiger partial charge in [-0.3, -0.25) is 9.69 Å². The van der Waals surface area contributed by atoms with Crippen molar-refractivity contribution in [3.8, 4) is 0 Å². The molecule has 0 spiro atoms. The third kappa shape index (κ3) is 6.07. The van der Waals surface area contributed by atoms with Crippen molar-refractivity contribution < 1.29 is 13.2 Å². The van der Waals surface area contributed by atoms with Crippen molar-refractivity contribution in [2.45, 2.75) is 32.9 Å². The molecule has 0 aliphatic carbocycles. The Labute approximate surface area is 180 Å². The SMILES string of the molecule is CC1(C)CN(C(=O)c2cccc(CN3CCS(=O)(=O)CC3)c2)CCC1N.Cl.Cl. The average Bonchev–Trinajstić information content (AvgIpc) is 2.59. The number of sulfone groups is 1. The fraction of sp³-hybridized carbons (Fsp3) is 0.632. The average molecular weight is 452 g/mol. The van der Waals surface area contributed by atoms with Gasteiger partial charge in [0, 0.05) is 44.3 Å². The Bertz CT molecular complexity index is 772. The quantitative estimate of drug-likeness (QED) is 0.758. The zero-order chi connectivity index (χ0) is 18.9. The van der Waals surface area contributed by atoms with E-state index < -0.39 is 9.84 Å². The smallest absolute Gasteiger partial charge is 0.253 e. The number of rotatable bonds is 3. The van der Waals surface area contributed by atoms with Gasteiger partial charge in [0.2, 0.25) is 0 Å². The lowest BCUT2D eigenvalue weighted by Gasteiger charge is -2.42. The summed E-state index contributed by atoms with van der Waals surface area (Å²) in [6.45, 7) is 7.36. The molecule has 1 amide bonds. The minimum Gasteiger partial charge on any atom is -0.338 e. The number of nitrogens with two attached hydrogens (primary N) is 1. The molecule has 0 bridgehead atoms. The number of piperidine rings is 1. The van der Waals surface area contributed by atoms with E-state index in [0.717, 1.165) is 12.0 Å². The van der Waals surface area contributed by atoms with Crippen LogP contribution < -0.4 is 5.73 Å². The summed E-state index contributed by atoms with van der Waals surface area (Å²) in [4.78, 5) is 16.9. The van der Waals surface area contributed by atoms with Crippen LogP contribution in [-0.2, 0) is 16.4 Å². The summed E-state index contributed by atoms with van der Waals surface area (Å²) in [7, 11) is -2.87. The van der Waals surface area contributed by atoms with Crippen molar-refractivity contribution in [3.63, 3.8) is 0 Å². The second-order valence-electron chi connectivity index (χ2n) is 8.24. The van der Waals surface area contributed by atoms with Gasteiger partial charge in [0.05, 0.1) is 11.5 Å².